The average Bonchev–Trinajstić information content (AvgIpc) is 3.39. The van der Waals surface area contributed by atoms with E-state index in [0.29, 0.717) is 31.9 Å². The van der Waals surface area contributed by atoms with Gasteiger partial charge in [-0.25, -0.2) is 22.9 Å². The number of thioether (sulfide) groups is 5. The van der Waals surface area contributed by atoms with Gasteiger partial charge in [0, 0.05) is 84.7 Å². The van der Waals surface area contributed by atoms with Crippen LogP contribution in [-0.2, 0) is 49.6 Å². The maximum absolute atomic E-state index is 13.6. The van der Waals surface area contributed by atoms with E-state index in [1.165, 1.54) is 9.80 Å². The molecule has 1 aromatic rings. The zero-order valence-corrected chi connectivity index (χ0v) is 46.3. The van der Waals surface area contributed by atoms with Gasteiger partial charge in [0.15, 0.2) is 9.84 Å². The lowest BCUT2D eigenvalue weighted by Crippen LogP contribution is -2.60. The Hall–Kier alpha value is -2.96. The molecule has 2 heterocycles. The summed E-state index contributed by atoms with van der Waals surface area (Å²) in [7, 11) is -3.57. The van der Waals surface area contributed by atoms with Gasteiger partial charge in [-0.05, 0) is 36.6 Å². The van der Waals surface area contributed by atoms with E-state index in [0.717, 1.165) is 56.7 Å². The second-order valence-electron chi connectivity index (χ2n) is 16.5. The van der Waals surface area contributed by atoms with Crippen molar-refractivity contribution in [3.63, 3.8) is 0 Å². The fourth-order valence-electron chi connectivity index (χ4n) is 7.32. The van der Waals surface area contributed by atoms with Crippen LogP contribution in [0.25, 0.3) is 0 Å². The average molecular weight is 1130 g/mol. The molecule has 0 bridgehead atoms. The molecule has 408 valence electrons. The summed E-state index contributed by atoms with van der Waals surface area (Å²) in [5.41, 5.74) is 1.30. The molecule has 0 radical (unpaired) electrons. The molecule has 2 aliphatic heterocycles. The molecular weight excluding hydrogens is 1050 g/mol. The molecule has 3 rings (SSSR count). The molecule has 0 aromatic heterocycles. The number of aliphatic carboxylic acids is 3. The minimum atomic E-state index is -3.57. The Morgan fingerprint density at radius 3 is 1.71 bits per heavy atom. The van der Waals surface area contributed by atoms with Crippen molar-refractivity contribution in [2.24, 2.45) is 0 Å². The number of imide groups is 1. The van der Waals surface area contributed by atoms with Crippen molar-refractivity contribution in [1.82, 2.24) is 29.4 Å². The smallest absolute Gasteiger partial charge is 0.333 e. The summed E-state index contributed by atoms with van der Waals surface area (Å²) >= 11 is 8.31. The van der Waals surface area contributed by atoms with Gasteiger partial charge in [0.25, 0.3) is 0 Å². The van der Waals surface area contributed by atoms with Gasteiger partial charge in [0.05, 0.1) is 96.2 Å². The van der Waals surface area contributed by atoms with Crippen LogP contribution in [0.4, 0.5) is 15.3 Å². The van der Waals surface area contributed by atoms with Crippen LogP contribution >= 0.6 is 58.8 Å². The number of urea groups is 2. The first kappa shape index (κ1) is 63.3. The second kappa shape index (κ2) is 36.1. The highest BCUT2D eigenvalue weighted by molar-refractivity contribution is 8.03. The highest BCUT2D eigenvalue weighted by Crippen LogP contribution is 2.22. The molecule has 0 spiro atoms. The van der Waals surface area contributed by atoms with Gasteiger partial charge >= 0.3 is 30.0 Å². The van der Waals surface area contributed by atoms with E-state index in [2.05, 4.69) is 24.4 Å². The van der Waals surface area contributed by atoms with Crippen LogP contribution in [0, 0.1) is 0 Å². The molecule has 0 saturated carbocycles. The van der Waals surface area contributed by atoms with Gasteiger partial charge < -0.3 is 34.8 Å². The summed E-state index contributed by atoms with van der Waals surface area (Å²) < 4.78 is 42.9. The summed E-state index contributed by atoms with van der Waals surface area (Å²) in [5.74, 6) is 2.21. The Bertz CT molecular complexity index is 1920. The third-order valence-electron chi connectivity index (χ3n) is 11.0. The molecule has 5 amide bonds. The fourth-order valence-corrected chi connectivity index (χ4v) is 12.9. The Morgan fingerprint density at radius 2 is 1.15 bits per heavy atom. The molecule has 72 heavy (non-hydrogen) atoms. The van der Waals surface area contributed by atoms with Crippen molar-refractivity contribution in [3.05, 3.63) is 42.2 Å². The Balaban J connectivity index is 1.45. The maximum atomic E-state index is 13.6. The number of carboxylic acids is 3. The van der Waals surface area contributed by atoms with Crippen LogP contribution in [0.2, 0.25) is 0 Å². The fraction of sp³-hybridized carbons (Fsp3) is 0.689. The molecule has 1 atom stereocenters. The van der Waals surface area contributed by atoms with Crippen molar-refractivity contribution < 1.29 is 66.7 Å². The minimum absolute atomic E-state index is 0.0102. The molecule has 4 N–H and O–H groups in total. The number of nitrogens with zero attached hydrogens (tertiary/aromatic N) is 6. The normalized spacial score (nSPS) is 16.7. The lowest BCUT2D eigenvalue weighted by atomic mass is 10.0. The second-order valence-corrected chi connectivity index (χ2v) is 24.3. The summed E-state index contributed by atoms with van der Waals surface area (Å²) in [5, 5.41) is 31.4. The van der Waals surface area contributed by atoms with Gasteiger partial charge in [-0.15, -0.1) is 0 Å². The quantitative estimate of drug-likeness (QED) is 0.0695. The zero-order chi connectivity index (χ0) is 52.7. The number of ether oxygens (including phenoxy) is 3. The van der Waals surface area contributed by atoms with E-state index in [-0.39, 0.29) is 127 Å². The highest BCUT2D eigenvalue weighted by atomic mass is 32.2. The minimum Gasteiger partial charge on any atom is -0.480 e. The van der Waals surface area contributed by atoms with Crippen molar-refractivity contribution in [1.29, 1.82) is 0 Å². The first-order valence-electron chi connectivity index (χ1n) is 23.5. The molecular formula is C45H73N7O14S6. The number of sulfone groups is 1. The largest absolute Gasteiger partial charge is 0.480 e. The van der Waals surface area contributed by atoms with Crippen LogP contribution < -0.4 is 5.32 Å². The van der Waals surface area contributed by atoms with E-state index in [9.17, 15) is 52.5 Å². The van der Waals surface area contributed by atoms with Gasteiger partial charge in [-0.1, -0.05) is 18.7 Å². The molecule has 2 aliphatic rings. The van der Waals surface area contributed by atoms with Gasteiger partial charge in [-0.3, -0.25) is 43.7 Å². The number of anilines is 1. The maximum Gasteiger partial charge on any atom is 0.333 e. The first-order valence-corrected chi connectivity index (χ1v) is 31.6. The third-order valence-corrected chi connectivity index (χ3v) is 17.5. The van der Waals surface area contributed by atoms with Gasteiger partial charge in [0.1, 0.15) is 5.82 Å². The standard InChI is InChI=1S/C45H73N7O14S6/c1-36-50(12-15-64-18-21-69-25-23-67-2)44(60)52(45(61)51(36)13-16-65-19-22-70-26-24-68-3)14-17-66-20-28-72(62,63)29-27-71-35-40(53)46-38-6-4-37(5-7-38)30-39-31-48(33-42(56)57)9-8-47(32-41(54)55)10-11-49(39)34-43(58)59/h4-7,39H,1,8-35H2,2-3H3,(H,46,53)(H,54,55)(H,56,57)(H,58,59). The SMILES string of the molecule is C=C1N(CCOCCSCCSC)C(=O)N(CCOCCS(=O)(=O)CCSCC(=O)Nc2ccc(CC3CN(CC(=O)O)CCN(CC(=O)O)CCN3CC(=O)O)cc2)C(=O)N1CCOCCSCCSC. The van der Waals surface area contributed by atoms with Crippen molar-refractivity contribution in [2.45, 2.75) is 12.5 Å². The van der Waals surface area contributed by atoms with E-state index in [4.69, 9.17) is 14.2 Å². The molecule has 1 unspecified atom stereocenters. The van der Waals surface area contributed by atoms with Gasteiger partial charge in [-0.2, -0.15) is 58.8 Å². The van der Waals surface area contributed by atoms with Crippen LogP contribution in [0.5, 0.6) is 0 Å². The number of rotatable bonds is 38. The Labute approximate surface area is 445 Å². The predicted octanol–water partition coefficient (Wildman–Crippen LogP) is 2.73. The number of hydrogen-bond acceptors (Lipinski definition) is 19. The number of amides is 5. The van der Waals surface area contributed by atoms with Crippen molar-refractivity contribution in [2.75, 3.05) is 187 Å². The van der Waals surface area contributed by atoms with E-state index >= 15 is 0 Å². The Morgan fingerprint density at radius 1 is 0.639 bits per heavy atom. The number of carboxylic acid groups (broad SMARTS) is 3. The van der Waals surface area contributed by atoms with Crippen LogP contribution in [-0.4, -0.2) is 277 Å². The number of carbonyl (C=O) groups excluding carboxylic acids is 3. The van der Waals surface area contributed by atoms with Crippen LogP contribution in [0.3, 0.4) is 0 Å². The van der Waals surface area contributed by atoms with Crippen LogP contribution in [0.15, 0.2) is 36.7 Å². The van der Waals surface area contributed by atoms with E-state index in [1.807, 2.05) is 0 Å². The first-order chi connectivity index (χ1) is 34.5. The number of benzene rings is 1. The monoisotopic (exact) mass is 1130 g/mol. The van der Waals surface area contributed by atoms with E-state index in [1.54, 1.807) is 86.0 Å². The molecule has 0 aliphatic carbocycles. The topological polar surface area (TPSA) is 256 Å². The number of nitrogens with one attached hydrogen (secondary N) is 1. The van der Waals surface area contributed by atoms with E-state index < -0.39 is 45.8 Å². The summed E-state index contributed by atoms with van der Waals surface area (Å²) in [6, 6.07) is 5.41. The molecule has 2 saturated heterocycles. The van der Waals surface area contributed by atoms with Crippen LogP contribution in [0.1, 0.15) is 5.56 Å². The molecule has 21 nitrogen and oxygen atoms in total. The summed E-state index contributed by atoms with van der Waals surface area (Å²) in [6.45, 7) is 6.12. The lowest BCUT2D eigenvalue weighted by molar-refractivity contribution is -0.140. The number of carbonyl (C=O) groups is 6. The molecule has 27 heteroatoms. The van der Waals surface area contributed by atoms with Crippen molar-refractivity contribution in [3.8, 4) is 0 Å². The summed E-state index contributed by atoms with van der Waals surface area (Å²) in [4.78, 5) is 83.8. The third kappa shape index (κ3) is 26.0. The molecule has 1 aromatic carbocycles. The highest BCUT2D eigenvalue weighted by Gasteiger charge is 2.39. The Kier molecular flexibility index (Phi) is 31.8. The summed E-state index contributed by atoms with van der Waals surface area (Å²) in [6.07, 6.45) is 4.49. The lowest BCUT2D eigenvalue weighted by Gasteiger charge is -2.42. The predicted molar refractivity (Wildman–Crippen MR) is 290 cm³/mol. The van der Waals surface area contributed by atoms with Crippen molar-refractivity contribution >= 4 is 110 Å². The zero-order valence-electron chi connectivity index (χ0n) is 41.4. The molecule has 2 fully saturated rings. The van der Waals surface area contributed by atoms with Gasteiger partial charge in [0.2, 0.25) is 5.91 Å². The number of hydrogen-bond donors (Lipinski definition) is 4.